The number of hydrogen-bond donors (Lipinski definition) is 3. The Labute approximate surface area is 557 Å². The molecular formula is C63H65B4BrF18N6O5. The number of nitrogens with zero attached hydrogens (tertiary/aromatic N) is 6. The molecule has 4 aliphatic rings. The maximum absolute atomic E-state index is 13.1. The van der Waals surface area contributed by atoms with Crippen LogP contribution in [0.3, 0.4) is 0 Å². The summed E-state index contributed by atoms with van der Waals surface area (Å²) in [5, 5.41) is 28.8. The highest BCUT2D eigenvalue weighted by Gasteiger charge is 2.52. The molecule has 3 aromatic heterocycles. The molecule has 6 aromatic rings. The Bertz CT molecular complexity index is 3630. The molecule has 0 radical (unpaired) electrons. The molecule has 34 heteroatoms. The van der Waals surface area contributed by atoms with E-state index in [-0.39, 0.29) is 83.3 Å². The summed E-state index contributed by atoms with van der Waals surface area (Å²) in [5.74, 6) is 0.0258. The maximum Gasteiger partial charge on any atom is 0.490 e. The lowest BCUT2D eigenvalue weighted by molar-refractivity contribution is -0.144. The molecule has 2 saturated heterocycles. The van der Waals surface area contributed by atoms with Crippen molar-refractivity contribution in [1.29, 1.82) is 0 Å². The molecule has 522 valence electrons. The first-order chi connectivity index (χ1) is 44.7. The molecule has 0 saturated carbocycles. The van der Waals surface area contributed by atoms with Gasteiger partial charge in [-0.1, -0.05) is 30.4 Å². The van der Waals surface area contributed by atoms with Gasteiger partial charge < -0.3 is 38.8 Å². The minimum atomic E-state index is -4.91. The summed E-state index contributed by atoms with van der Waals surface area (Å²) in [6, 6.07) is 17.9. The minimum Gasteiger partial charge on any atom is -0.437 e. The van der Waals surface area contributed by atoms with Crippen LogP contribution < -0.4 is 0 Å². The minimum absolute atomic E-state index is 0.0148. The molecule has 0 atom stereocenters. The number of alkyl halides is 18. The number of piperidine rings is 1. The molecule has 2 fully saturated rings. The van der Waals surface area contributed by atoms with Gasteiger partial charge >= 0.3 is 65.3 Å². The molecule has 97 heavy (non-hydrogen) atoms. The summed E-state index contributed by atoms with van der Waals surface area (Å²) in [6.07, 6.45) is -22.6. The Balaban J connectivity index is 0.000000186. The van der Waals surface area contributed by atoms with E-state index in [9.17, 15) is 94.1 Å². The van der Waals surface area contributed by atoms with Crippen molar-refractivity contribution < 1.29 is 103 Å². The number of halogens is 19. The topological polar surface area (TPSA) is 128 Å². The van der Waals surface area contributed by atoms with E-state index >= 15 is 0 Å². The van der Waals surface area contributed by atoms with Gasteiger partial charge in [-0.3, -0.25) is 4.98 Å². The second kappa shape index (κ2) is 30.7. The van der Waals surface area contributed by atoms with E-state index in [1.54, 1.807) is 44.7 Å². The van der Waals surface area contributed by atoms with E-state index in [4.69, 9.17) is 9.31 Å². The van der Waals surface area contributed by atoms with Gasteiger partial charge in [0.1, 0.15) is 4.60 Å². The van der Waals surface area contributed by atoms with Crippen molar-refractivity contribution in [2.45, 2.75) is 128 Å². The highest BCUT2D eigenvalue weighted by Crippen LogP contribution is 2.44. The van der Waals surface area contributed by atoms with E-state index in [0.717, 1.165) is 25.1 Å². The highest BCUT2D eigenvalue weighted by molar-refractivity contribution is 9.10. The predicted octanol–water partition coefficient (Wildman–Crippen LogP) is 17.0. The Morgan fingerprint density at radius 1 is 0.443 bits per heavy atom. The van der Waals surface area contributed by atoms with Gasteiger partial charge in [-0.05, 0) is 218 Å². The molecule has 11 nitrogen and oxygen atoms in total. The fourth-order valence-corrected chi connectivity index (χ4v) is 10.9. The van der Waals surface area contributed by atoms with E-state index in [2.05, 4.69) is 64.7 Å². The first kappa shape index (κ1) is 78.1. The lowest BCUT2D eigenvalue weighted by atomic mass is 9.72. The molecule has 0 bridgehead atoms. The third kappa shape index (κ3) is 21.2. The van der Waals surface area contributed by atoms with Crippen LogP contribution in [0, 0.1) is 0 Å². The quantitative estimate of drug-likeness (QED) is 0.0727. The summed E-state index contributed by atoms with van der Waals surface area (Å²) < 4.78 is 246. The van der Waals surface area contributed by atoms with Crippen molar-refractivity contribution in [3.05, 3.63) is 176 Å². The van der Waals surface area contributed by atoms with Gasteiger partial charge in [0.25, 0.3) is 0 Å². The molecule has 0 spiro atoms. The van der Waals surface area contributed by atoms with Crippen molar-refractivity contribution in [1.82, 2.24) is 29.4 Å². The molecule has 0 unspecified atom stereocenters. The van der Waals surface area contributed by atoms with Crippen LogP contribution in [-0.2, 0) is 46.4 Å². The maximum atomic E-state index is 13.1. The summed E-state index contributed by atoms with van der Waals surface area (Å²) in [5.41, 5.74) is -6.25. The fraction of sp³-hybridized carbons (Fsp3) is 0.413. The smallest absolute Gasteiger partial charge is 0.437 e. The second-order valence-corrected chi connectivity index (χ2v) is 25.2. The summed E-state index contributed by atoms with van der Waals surface area (Å²) in [7, 11) is -1.80. The molecule has 7 heterocycles. The summed E-state index contributed by atoms with van der Waals surface area (Å²) >= 11 is 3.02. The largest absolute Gasteiger partial charge is 0.490 e. The Kier molecular flexibility index (Phi) is 24.7. The van der Waals surface area contributed by atoms with E-state index in [0.29, 0.717) is 97.8 Å². The zero-order chi connectivity index (χ0) is 72.2. The van der Waals surface area contributed by atoms with Gasteiger partial charge in [0.2, 0.25) is 0 Å². The van der Waals surface area contributed by atoms with E-state index < -0.39 is 84.5 Å². The average molecular weight is 1450 g/mol. The van der Waals surface area contributed by atoms with Crippen LogP contribution in [0.2, 0.25) is 20.5 Å². The van der Waals surface area contributed by atoms with Crippen LogP contribution in [-0.4, -0.2) is 123 Å². The number of hydrogen-bond acceptors (Lipinski definition) is 11. The number of rotatable bonds is 9. The van der Waals surface area contributed by atoms with Crippen LogP contribution in [0.15, 0.2) is 131 Å². The van der Waals surface area contributed by atoms with Crippen molar-refractivity contribution in [2.75, 3.05) is 39.3 Å². The van der Waals surface area contributed by atoms with Crippen LogP contribution in [0.1, 0.15) is 104 Å². The number of aromatic nitrogens is 3. The monoisotopic (exact) mass is 1450 g/mol. The number of pyridine rings is 3. The van der Waals surface area contributed by atoms with E-state index in [1.165, 1.54) is 35.8 Å². The van der Waals surface area contributed by atoms with E-state index in [1.807, 2.05) is 20.5 Å². The third-order valence-corrected chi connectivity index (χ3v) is 17.3. The zero-order valence-corrected chi connectivity index (χ0v) is 54.6. The van der Waals surface area contributed by atoms with Crippen LogP contribution >= 0.6 is 15.9 Å². The van der Waals surface area contributed by atoms with Gasteiger partial charge in [-0.15, -0.1) is 0 Å². The Morgan fingerprint density at radius 3 is 1.12 bits per heavy atom. The van der Waals surface area contributed by atoms with Crippen LogP contribution in [0.5, 0.6) is 0 Å². The normalized spacial score (nSPS) is 17.6. The SMILES string of the molecule is CB(O)N1CC=C(B2OC(C)(C)C(C)(C)O2)CC1.CB(O)N1CC=C(c2cccc(-c3cc(C(F)(F)F)cc(C(F)(F)F)c3)n2)CC1.CB(O)N1CCC(c2cccc(-c3cc(C(F)(F)F)cc(C(F)(F)F)c3)n2)CC1.FC(F)(F)c1cc(-c2cccc(Br)n2)cc(C(F)(F)F)c1. The Morgan fingerprint density at radius 2 is 0.784 bits per heavy atom. The van der Waals surface area contributed by atoms with Gasteiger partial charge in [0, 0.05) is 41.4 Å². The van der Waals surface area contributed by atoms with Gasteiger partial charge in [0.15, 0.2) is 0 Å². The summed E-state index contributed by atoms with van der Waals surface area (Å²) in [4.78, 5) is 18.3. The fourth-order valence-electron chi connectivity index (χ4n) is 10.6. The lowest BCUT2D eigenvalue weighted by Gasteiger charge is -2.32. The molecular weight excluding hydrogens is 1390 g/mol. The first-order valence-corrected chi connectivity index (χ1v) is 31.0. The third-order valence-electron chi connectivity index (χ3n) is 16.8. The molecule has 10 rings (SSSR count). The standard InChI is InChI=1S/C19H19BF6N2O.C19H17BF6N2O.C13H6BrF6N.C12H23B2NO3/c2*1-20(29)28-7-5-12(6-8-28)16-3-2-4-17(27-16)13-9-14(18(21,22)23)11-15(10-13)19(24,25)26;14-11-3-1-2-10(21-11)7-4-8(12(15,16)17)6-9(5-7)13(18,19)20;1-11(2)12(3,4)18-14(17-11)10-6-8-15(9-7-10)13(5)16/h2-4,9-12,29H,5-8H2,1H3;2-5,9-11,29H,6-8H2,1H3;1-6H;6,16H,7-9H2,1-5H3. The molecule has 0 amide bonds. The van der Waals surface area contributed by atoms with Crippen molar-refractivity contribution in [3.63, 3.8) is 0 Å². The van der Waals surface area contributed by atoms with Gasteiger partial charge in [0.05, 0.1) is 67.4 Å². The van der Waals surface area contributed by atoms with Gasteiger partial charge in [-0.25, -0.2) is 9.97 Å². The van der Waals surface area contributed by atoms with Crippen molar-refractivity contribution >= 4 is 49.8 Å². The van der Waals surface area contributed by atoms with Crippen LogP contribution in [0.25, 0.3) is 39.3 Å². The molecule has 3 aromatic carbocycles. The summed E-state index contributed by atoms with van der Waals surface area (Å²) in [6.45, 7) is 17.3. The first-order valence-electron chi connectivity index (χ1n) is 30.2. The average Bonchev–Trinajstić information content (AvgIpc) is 1.60. The molecule has 3 N–H and O–H groups in total. The molecule has 0 aliphatic carbocycles. The van der Waals surface area contributed by atoms with Crippen molar-refractivity contribution in [3.8, 4) is 33.8 Å². The lowest BCUT2D eigenvalue weighted by Crippen LogP contribution is -2.42. The number of benzene rings is 3. The zero-order valence-electron chi connectivity index (χ0n) is 53.0. The second-order valence-electron chi connectivity index (χ2n) is 24.4. The predicted molar refractivity (Wildman–Crippen MR) is 336 cm³/mol. The van der Waals surface area contributed by atoms with Gasteiger partial charge in [-0.2, -0.15) is 79.0 Å². The van der Waals surface area contributed by atoms with Crippen molar-refractivity contribution in [2.24, 2.45) is 0 Å². The molecule has 4 aliphatic heterocycles. The highest BCUT2D eigenvalue weighted by atomic mass is 79.9. The Hall–Kier alpha value is -6.25. The van der Waals surface area contributed by atoms with Crippen LogP contribution in [0.4, 0.5) is 79.0 Å².